The summed E-state index contributed by atoms with van der Waals surface area (Å²) in [6, 6.07) is 3.09. The predicted molar refractivity (Wildman–Crippen MR) is 73.3 cm³/mol. The number of piperazine rings is 1. The van der Waals surface area contributed by atoms with Crippen LogP contribution in [0.5, 0.6) is 0 Å². The molecule has 0 spiro atoms. The Kier molecular flexibility index (Phi) is 5.43. The van der Waals surface area contributed by atoms with E-state index in [9.17, 15) is 0 Å². The third-order valence-corrected chi connectivity index (χ3v) is 3.91. The first-order valence-electron chi connectivity index (χ1n) is 7.42. The number of nitrogens with zero attached hydrogens (tertiary/aromatic N) is 3. The van der Waals surface area contributed by atoms with Crippen molar-refractivity contribution in [1.82, 2.24) is 15.1 Å². The molecule has 0 amide bonds. The number of hydrogen-bond acceptors (Lipinski definition) is 4. The molecule has 0 aromatic heterocycles. The zero-order valence-electron chi connectivity index (χ0n) is 11.6. The van der Waals surface area contributed by atoms with E-state index in [-0.39, 0.29) is 6.04 Å². The molecule has 18 heavy (non-hydrogen) atoms. The van der Waals surface area contributed by atoms with Gasteiger partial charge in [0.25, 0.3) is 0 Å². The van der Waals surface area contributed by atoms with Crippen molar-refractivity contribution in [2.75, 3.05) is 39.3 Å². The minimum atomic E-state index is 0.0613. The minimum Gasteiger partial charge on any atom is -0.301 e. The van der Waals surface area contributed by atoms with Gasteiger partial charge in [0.1, 0.15) is 0 Å². The molecule has 0 bridgehead atoms. The summed E-state index contributed by atoms with van der Waals surface area (Å²) in [4.78, 5) is 5.05. The molecule has 1 unspecified atom stereocenters. The van der Waals surface area contributed by atoms with E-state index in [0.29, 0.717) is 6.04 Å². The highest BCUT2D eigenvalue weighted by atomic mass is 15.3. The van der Waals surface area contributed by atoms with Crippen LogP contribution in [0.15, 0.2) is 0 Å². The number of nitrogens with one attached hydrogen (secondary N) is 1. The molecule has 0 aromatic rings. The monoisotopic (exact) mass is 250 g/mol. The Morgan fingerprint density at radius 3 is 2.28 bits per heavy atom. The third-order valence-electron chi connectivity index (χ3n) is 3.91. The van der Waals surface area contributed by atoms with Gasteiger partial charge in [0.2, 0.25) is 0 Å². The second kappa shape index (κ2) is 7.08. The molecule has 1 N–H and O–H groups in total. The largest absolute Gasteiger partial charge is 0.301 e. The highest BCUT2D eigenvalue weighted by Gasteiger charge is 2.25. The van der Waals surface area contributed by atoms with Crippen molar-refractivity contribution in [2.24, 2.45) is 0 Å². The maximum atomic E-state index is 9.10. The Morgan fingerprint density at radius 2 is 1.78 bits per heavy atom. The molecule has 2 fully saturated rings. The molecule has 2 rings (SSSR count). The Balaban J connectivity index is 1.60. The zero-order chi connectivity index (χ0) is 12.8. The van der Waals surface area contributed by atoms with Gasteiger partial charge in [-0.25, -0.2) is 0 Å². The molecule has 4 heteroatoms. The number of nitriles is 1. The summed E-state index contributed by atoms with van der Waals surface area (Å²) in [5.41, 5.74) is 0. The van der Waals surface area contributed by atoms with Crippen LogP contribution in [0.3, 0.4) is 0 Å². The van der Waals surface area contributed by atoms with Crippen molar-refractivity contribution in [3.05, 3.63) is 0 Å². The second-order valence-corrected chi connectivity index (χ2v) is 5.59. The normalized spacial score (nSPS) is 23.8. The molecular weight excluding hydrogens is 224 g/mol. The van der Waals surface area contributed by atoms with E-state index in [2.05, 4.69) is 28.1 Å². The summed E-state index contributed by atoms with van der Waals surface area (Å²) in [5, 5.41) is 12.5. The summed E-state index contributed by atoms with van der Waals surface area (Å²) < 4.78 is 0. The van der Waals surface area contributed by atoms with E-state index < -0.39 is 0 Å². The van der Waals surface area contributed by atoms with Crippen LogP contribution in [0.25, 0.3) is 0 Å². The van der Waals surface area contributed by atoms with E-state index in [1.165, 1.54) is 52.0 Å². The van der Waals surface area contributed by atoms with E-state index in [4.69, 9.17) is 5.26 Å². The van der Waals surface area contributed by atoms with E-state index in [0.717, 1.165) is 13.0 Å². The predicted octanol–water partition coefficient (Wildman–Crippen LogP) is 1.05. The summed E-state index contributed by atoms with van der Waals surface area (Å²) in [6.45, 7) is 9.27. The van der Waals surface area contributed by atoms with Gasteiger partial charge in [-0.3, -0.25) is 5.32 Å². The zero-order valence-corrected chi connectivity index (χ0v) is 11.6. The van der Waals surface area contributed by atoms with Crippen LogP contribution in [0.1, 0.15) is 32.6 Å². The third kappa shape index (κ3) is 4.56. The van der Waals surface area contributed by atoms with E-state index in [1.54, 1.807) is 0 Å². The Labute approximate surface area is 111 Å². The van der Waals surface area contributed by atoms with E-state index in [1.807, 2.05) is 0 Å². The van der Waals surface area contributed by atoms with Crippen LogP contribution in [0.4, 0.5) is 0 Å². The van der Waals surface area contributed by atoms with Crippen molar-refractivity contribution in [2.45, 2.75) is 44.7 Å². The van der Waals surface area contributed by atoms with Crippen molar-refractivity contribution >= 4 is 0 Å². The lowest BCUT2D eigenvalue weighted by atomic mass is 10.2. The van der Waals surface area contributed by atoms with Gasteiger partial charge in [-0.05, 0) is 32.2 Å². The maximum absolute atomic E-state index is 9.10. The second-order valence-electron chi connectivity index (χ2n) is 5.59. The van der Waals surface area contributed by atoms with Gasteiger partial charge in [-0.15, -0.1) is 0 Å². The average molecular weight is 250 g/mol. The summed E-state index contributed by atoms with van der Waals surface area (Å²) in [6.07, 6.45) is 4.74. The molecule has 1 atom stereocenters. The van der Waals surface area contributed by atoms with Crippen LogP contribution in [0, 0.1) is 11.3 Å². The van der Waals surface area contributed by atoms with Gasteiger partial charge in [0.15, 0.2) is 0 Å². The Morgan fingerprint density at radius 1 is 1.17 bits per heavy atom. The Hall–Kier alpha value is -0.630. The molecule has 1 heterocycles. The molecule has 0 aromatic carbocycles. The highest BCUT2D eigenvalue weighted by molar-refractivity contribution is 4.96. The average Bonchev–Trinajstić information content (AvgIpc) is 3.20. The first-order chi connectivity index (χ1) is 8.81. The summed E-state index contributed by atoms with van der Waals surface area (Å²) in [5.74, 6) is 0. The first-order valence-corrected chi connectivity index (χ1v) is 7.42. The molecule has 2 aliphatic rings. The SMILES string of the molecule is CCCN1CCN(CCC(C#N)NC2CC2)CC1. The van der Waals surface area contributed by atoms with Crippen LogP contribution in [0.2, 0.25) is 0 Å². The van der Waals surface area contributed by atoms with Crippen LogP contribution < -0.4 is 5.32 Å². The highest BCUT2D eigenvalue weighted by Crippen LogP contribution is 2.19. The summed E-state index contributed by atoms with van der Waals surface area (Å²) in [7, 11) is 0. The lowest BCUT2D eigenvalue weighted by molar-refractivity contribution is 0.130. The fourth-order valence-electron chi connectivity index (χ4n) is 2.58. The van der Waals surface area contributed by atoms with Crippen molar-refractivity contribution < 1.29 is 0 Å². The molecule has 1 aliphatic heterocycles. The lowest BCUT2D eigenvalue weighted by Gasteiger charge is -2.34. The lowest BCUT2D eigenvalue weighted by Crippen LogP contribution is -2.47. The molecule has 1 saturated heterocycles. The van der Waals surface area contributed by atoms with Crippen molar-refractivity contribution in [3.63, 3.8) is 0 Å². The van der Waals surface area contributed by atoms with Crippen LogP contribution >= 0.6 is 0 Å². The molecule has 1 saturated carbocycles. The first kappa shape index (κ1) is 13.8. The number of rotatable bonds is 7. The fraction of sp³-hybridized carbons (Fsp3) is 0.929. The Bertz CT molecular complexity index is 274. The molecule has 1 aliphatic carbocycles. The standard InChI is InChI=1S/C14H26N4/c1-2-6-17-8-10-18(11-9-17)7-5-14(12-15)16-13-3-4-13/h13-14,16H,2-11H2,1H3. The topological polar surface area (TPSA) is 42.3 Å². The minimum absolute atomic E-state index is 0.0613. The van der Waals surface area contributed by atoms with Gasteiger partial charge in [0.05, 0.1) is 12.1 Å². The number of hydrogen-bond donors (Lipinski definition) is 1. The van der Waals surface area contributed by atoms with Gasteiger partial charge < -0.3 is 9.80 Å². The van der Waals surface area contributed by atoms with Crippen molar-refractivity contribution in [3.8, 4) is 6.07 Å². The maximum Gasteiger partial charge on any atom is 0.0967 e. The molecule has 0 radical (unpaired) electrons. The van der Waals surface area contributed by atoms with Crippen LogP contribution in [-0.2, 0) is 0 Å². The van der Waals surface area contributed by atoms with Crippen LogP contribution in [-0.4, -0.2) is 61.2 Å². The van der Waals surface area contributed by atoms with Gasteiger partial charge in [-0.2, -0.15) is 5.26 Å². The summed E-state index contributed by atoms with van der Waals surface area (Å²) >= 11 is 0. The van der Waals surface area contributed by atoms with Gasteiger partial charge >= 0.3 is 0 Å². The fourth-order valence-corrected chi connectivity index (χ4v) is 2.58. The molecule has 102 valence electrons. The quantitative estimate of drug-likeness (QED) is 0.733. The molecule has 4 nitrogen and oxygen atoms in total. The smallest absolute Gasteiger partial charge is 0.0967 e. The molecular formula is C14H26N4. The van der Waals surface area contributed by atoms with Gasteiger partial charge in [-0.1, -0.05) is 6.92 Å². The van der Waals surface area contributed by atoms with Gasteiger partial charge in [0, 0.05) is 38.8 Å². The van der Waals surface area contributed by atoms with Crippen molar-refractivity contribution in [1.29, 1.82) is 5.26 Å². The van der Waals surface area contributed by atoms with E-state index >= 15 is 0 Å².